The van der Waals surface area contributed by atoms with Crippen LogP contribution in [0.25, 0.3) is 0 Å². The van der Waals surface area contributed by atoms with Gasteiger partial charge in [-0.2, -0.15) is 0 Å². The largest absolute Gasteiger partial charge is 0.340 e. The Hall–Kier alpha value is -1.20. The van der Waals surface area contributed by atoms with Gasteiger partial charge in [0.15, 0.2) is 0 Å². The van der Waals surface area contributed by atoms with E-state index in [1.54, 1.807) is 0 Å². The third kappa shape index (κ3) is 3.82. The predicted octanol–water partition coefficient (Wildman–Crippen LogP) is 4.58. The Labute approximate surface area is 182 Å². The molecular formula is C20H24ClN3S. The second-order valence-electron chi connectivity index (χ2n) is 5.30. The van der Waals surface area contributed by atoms with Crippen LogP contribution in [0.4, 0.5) is 11.4 Å². The number of nitrogens with zero attached hydrogens (tertiary/aromatic N) is 3. The number of hydrogen-bond donors (Lipinski definition) is 0. The van der Waals surface area contributed by atoms with Crippen molar-refractivity contribution < 1.29 is 21.9 Å². The molecule has 1 fully saturated rings. The molecule has 2 aromatic carbocycles. The van der Waals surface area contributed by atoms with E-state index in [2.05, 4.69) is 0 Å². The van der Waals surface area contributed by atoms with Crippen LogP contribution in [0.2, 0.25) is 5.02 Å². The molecule has 0 aliphatic carbocycles. The van der Waals surface area contributed by atoms with Crippen molar-refractivity contribution in [1.82, 2.24) is 9.80 Å². The number of halogens is 1. The minimum Gasteiger partial charge on any atom is -0.340 e. The Morgan fingerprint density at radius 2 is 1.88 bits per heavy atom. The van der Waals surface area contributed by atoms with Gasteiger partial charge >= 0.3 is 0 Å². The number of para-hydroxylation sites is 1. The standard InChI is InChI=1S/C20H24ClN3S/c1-22-11-13-23(14-12-22)9-4-10-24-17-5-2-3-6-19(17)25-20-8-7-16(21)15-18(20)24/h2-3,5-8,15H,4,9-14H2,1H3/i1D3,2D,3D,4D2,5D,6D,7D,8D,9D2,10D2,15D. The van der Waals surface area contributed by atoms with Gasteiger partial charge in [0.2, 0.25) is 0 Å². The number of piperazine rings is 1. The fourth-order valence-electron chi connectivity index (χ4n) is 2.42. The van der Waals surface area contributed by atoms with Crippen molar-refractivity contribution in [3.8, 4) is 0 Å². The molecule has 2 aliphatic heterocycles. The minimum atomic E-state index is -3.52. The average molecular weight is 390 g/mol. The van der Waals surface area contributed by atoms with Gasteiger partial charge in [0.05, 0.1) is 21.0 Å². The Balaban J connectivity index is 1.95. The number of rotatable bonds is 4. The van der Waals surface area contributed by atoms with Crippen LogP contribution in [0.15, 0.2) is 52.1 Å². The fourth-order valence-corrected chi connectivity index (χ4v) is 3.45. The monoisotopic (exact) mass is 389 g/mol. The molecule has 2 aliphatic rings. The molecular weight excluding hydrogens is 350 g/mol. The van der Waals surface area contributed by atoms with Gasteiger partial charge in [-0.05, 0) is 50.1 Å². The third-order valence-electron chi connectivity index (χ3n) is 3.68. The van der Waals surface area contributed by atoms with Crippen LogP contribution in [-0.4, -0.2) is 55.9 Å². The van der Waals surface area contributed by atoms with Crippen molar-refractivity contribution in [3.63, 3.8) is 0 Å². The fraction of sp³-hybridized carbons (Fsp3) is 0.400. The van der Waals surface area contributed by atoms with Crippen LogP contribution in [0, 0.1) is 0 Å². The summed E-state index contributed by atoms with van der Waals surface area (Å²) in [5.74, 6) is 0. The molecule has 2 heterocycles. The van der Waals surface area contributed by atoms with E-state index in [1.165, 1.54) is 0 Å². The van der Waals surface area contributed by atoms with Gasteiger partial charge in [-0.3, -0.25) is 0 Å². The van der Waals surface area contributed by atoms with Crippen LogP contribution >= 0.6 is 23.4 Å². The van der Waals surface area contributed by atoms with E-state index in [-0.39, 0.29) is 36.0 Å². The SMILES string of the molecule is [2H]c1c([2H])c([2H])c2c(c1[2H])Sc1c([2H])c([2H])c(Cl)c([2H])c1N2C([2H])([2H])C([2H])([2H])C([2H])([2H])N1CCN(C([2H])([2H])[2H])CC1. The van der Waals surface area contributed by atoms with Gasteiger partial charge in [-0.1, -0.05) is 35.4 Å². The van der Waals surface area contributed by atoms with Crippen molar-refractivity contribution in [2.45, 2.75) is 16.2 Å². The first-order valence-electron chi connectivity index (χ1n) is 15.5. The molecule has 3 nitrogen and oxygen atoms in total. The topological polar surface area (TPSA) is 9.72 Å². The first-order chi connectivity index (χ1) is 18.6. The first kappa shape index (κ1) is 6.75. The number of likely N-dealkylation sites (N-methyl/N-ethyl adjacent to an activating group) is 1. The van der Waals surface area contributed by atoms with Gasteiger partial charge in [0.25, 0.3) is 0 Å². The van der Waals surface area contributed by atoms with Gasteiger partial charge in [-0.25, -0.2) is 0 Å². The lowest BCUT2D eigenvalue weighted by Gasteiger charge is -2.35. The van der Waals surface area contributed by atoms with Gasteiger partial charge in [0.1, 0.15) is 0 Å². The van der Waals surface area contributed by atoms with E-state index in [4.69, 9.17) is 33.5 Å². The number of anilines is 2. The number of hydrogen-bond acceptors (Lipinski definition) is 4. The highest BCUT2D eigenvalue weighted by Gasteiger charge is 2.23. The molecule has 0 aromatic heterocycles. The Morgan fingerprint density at radius 1 is 1.08 bits per heavy atom. The van der Waals surface area contributed by atoms with Gasteiger partial charge in [0, 0.05) is 59.8 Å². The summed E-state index contributed by atoms with van der Waals surface area (Å²) < 4.78 is 134. The lowest BCUT2D eigenvalue weighted by atomic mass is 10.2. The number of fused-ring (bicyclic) bond motifs is 2. The molecule has 0 spiro atoms. The van der Waals surface area contributed by atoms with E-state index < -0.39 is 85.0 Å². The summed E-state index contributed by atoms with van der Waals surface area (Å²) in [6.45, 7) is -9.92. The minimum absolute atomic E-state index is 0.157. The molecule has 0 atom stereocenters. The maximum absolute atomic E-state index is 9.03. The second-order valence-corrected chi connectivity index (χ2v) is 6.70. The zero-order valence-corrected chi connectivity index (χ0v) is 14.5. The molecule has 2 aromatic rings. The molecule has 132 valence electrons. The van der Waals surface area contributed by atoms with Crippen molar-refractivity contribution in [2.75, 3.05) is 51.0 Å². The van der Waals surface area contributed by atoms with Crippen molar-refractivity contribution in [1.29, 1.82) is 0 Å². The van der Waals surface area contributed by atoms with Crippen LogP contribution in [0.3, 0.4) is 0 Å². The summed E-state index contributed by atoms with van der Waals surface area (Å²) in [6.07, 6.45) is -3.52. The van der Waals surface area contributed by atoms with E-state index in [0.717, 1.165) is 9.80 Å². The lowest BCUT2D eigenvalue weighted by molar-refractivity contribution is 0.153. The van der Waals surface area contributed by atoms with Crippen molar-refractivity contribution in [3.05, 3.63) is 47.3 Å². The number of benzene rings is 2. The van der Waals surface area contributed by atoms with Crippen LogP contribution in [-0.2, 0) is 0 Å². The molecule has 0 amide bonds. The van der Waals surface area contributed by atoms with Crippen molar-refractivity contribution >= 4 is 34.7 Å². The molecule has 25 heavy (non-hydrogen) atoms. The Bertz CT molecular complexity index is 1340. The first-order valence-corrected chi connectivity index (χ1v) is 8.67. The maximum Gasteiger partial charge on any atom is 0.0661 e. The maximum atomic E-state index is 9.03. The summed E-state index contributed by atoms with van der Waals surface area (Å²) in [6, 6.07) is -4.79. The zero-order chi connectivity index (χ0) is 31.2. The molecule has 1 saturated heterocycles. The van der Waals surface area contributed by atoms with E-state index in [0.29, 0.717) is 16.7 Å². The van der Waals surface area contributed by atoms with Crippen LogP contribution in [0.1, 0.15) is 28.3 Å². The summed E-state index contributed by atoms with van der Waals surface area (Å²) in [4.78, 5) is 1.94. The summed E-state index contributed by atoms with van der Waals surface area (Å²) >= 11 is 6.72. The van der Waals surface area contributed by atoms with Crippen LogP contribution in [0.5, 0.6) is 0 Å². The highest BCUT2D eigenvalue weighted by molar-refractivity contribution is 7.99. The molecule has 0 N–H and O–H groups in total. The average Bonchev–Trinajstić information content (AvgIpc) is 2.90. The molecule has 0 saturated carbocycles. The molecule has 0 unspecified atom stereocenters. The van der Waals surface area contributed by atoms with E-state index in [9.17, 15) is 0 Å². The summed E-state index contributed by atoms with van der Waals surface area (Å²) in [7, 11) is 0. The normalized spacial score (nSPS) is 29.6. The Kier molecular flexibility index (Phi) is 2.05. The lowest BCUT2D eigenvalue weighted by Crippen LogP contribution is -2.45. The summed E-state index contributed by atoms with van der Waals surface area (Å²) in [5, 5.41) is -0.580. The smallest absolute Gasteiger partial charge is 0.0661 e. The zero-order valence-electron chi connectivity index (χ0n) is 29.0. The van der Waals surface area contributed by atoms with Crippen molar-refractivity contribution in [2.24, 2.45) is 0 Å². The van der Waals surface area contributed by atoms with Crippen LogP contribution < -0.4 is 4.90 Å². The highest BCUT2D eigenvalue weighted by atomic mass is 35.5. The Morgan fingerprint density at radius 3 is 2.72 bits per heavy atom. The highest BCUT2D eigenvalue weighted by Crippen LogP contribution is 2.48. The predicted molar refractivity (Wildman–Crippen MR) is 108 cm³/mol. The molecule has 0 radical (unpaired) electrons. The molecule has 4 rings (SSSR count). The van der Waals surface area contributed by atoms with Gasteiger partial charge < -0.3 is 14.7 Å². The molecule has 5 heteroatoms. The van der Waals surface area contributed by atoms with E-state index >= 15 is 0 Å². The summed E-state index contributed by atoms with van der Waals surface area (Å²) in [5.41, 5.74) is -1.12. The molecule has 0 bridgehead atoms. The van der Waals surface area contributed by atoms with Gasteiger partial charge in [-0.15, -0.1) is 0 Å². The third-order valence-corrected chi connectivity index (χ3v) is 4.86. The van der Waals surface area contributed by atoms with E-state index in [1.807, 2.05) is 0 Å². The quantitative estimate of drug-likeness (QED) is 0.756. The second kappa shape index (κ2) is 7.58.